The van der Waals surface area contributed by atoms with E-state index < -0.39 is 17.7 Å². The molecule has 0 spiro atoms. The van der Waals surface area contributed by atoms with E-state index in [2.05, 4.69) is 4.90 Å². The third kappa shape index (κ3) is 3.83. The van der Waals surface area contributed by atoms with Crippen molar-refractivity contribution in [3.8, 4) is 0 Å². The van der Waals surface area contributed by atoms with Gasteiger partial charge in [-0.25, -0.2) is 0 Å². The van der Waals surface area contributed by atoms with Crippen molar-refractivity contribution >= 4 is 17.4 Å². The molecule has 7 nitrogen and oxygen atoms in total. The molecule has 1 aromatic carbocycles. The Kier molecular flexibility index (Phi) is 5.51. The lowest BCUT2D eigenvalue weighted by molar-refractivity contribution is -0.140. The van der Waals surface area contributed by atoms with Crippen molar-refractivity contribution in [2.24, 2.45) is 0 Å². The second-order valence-corrected chi connectivity index (χ2v) is 7.33. The topological polar surface area (TPSA) is 83.2 Å². The third-order valence-electron chi connectivity index (χ3n) is 5.44. The molecule has 0 saturated carbocycles. The van der Waals surface area contributed by atoms with Gasteiger partial charge in [0.2, 0.25) is 0 Å². The number of nitrogens with zero attached hydrogens (tertiary/aromatic N) is 2. The lowest BCUT2D eigenvalue weighted by Gasteiger charge is -2.30. The van der Waals surface area contributed by atoms with Crippen LogP contribution in [0.15, 0.2) is 52.7 Å². The summed E-state index contributed by atoms with van der Waals surface area (Å²) in [4.78, 5) is 29.4. The number of hydrogen-bond acceptors (Lipinski definition) is 6. The molecule has 0 radical (unpaired) electrons. The molecule has 1 atom stereocenters. The molecule has 1 amide bonds. The van der Waals surface area contributed by atoms with E-state index in [1.807, 2.05) is 19.1 Å². The van der Waals surface area contributed by atoms with E-state index in [0.29, 0.717) is 37.6 Å². The standard InChI is InChI=1S/C22H24N2O5/c1-15-4-6-16(7-5-15)20(25)18-19(17-3-2-12-29-17)24(22(27)21(18)26)9-8-23-10-13-28-14-11-23/h2-7,12,19,25H,8-11,13-14H2,1H3/t19-/m0/s1. The number of likely N-dealkylation sites (tertiary alicyclic amines) is 1. The summed E-state index contributed by atoms with van der Waals surface area (Å²) >= 11 is 0. The molecule has 1 aromatic heterocycles. The maximum atomic E-state index is 12.9. The predicted molar refractivity (Wildman–Crippen MR) is 106 cm³/mol. The van der Waals surface area contributed by atoms with E-state index in [4.69, 9.17) is 9.15 Å². The van der Waals surface area contributed by atoms with Gasteiger partial charge in [-0.2, -0.15) is 0 Å². The van der Waals surface area contributed by atoms with Crippen LogP contribution < -0.4 is 0 Å². The van der Waals surface area contributed by atoms with Crippen LogP contribution in [0.1, 0.15) is 22.9 Å². The van der Waals surface area contributed by atoms with Gasteiger partial charge >= 0.3 is 0 Å². The Hall–Kier alpha value is -2.90. The average Bonchev–Trinajstić information content (AvgIpc) is 3.35. The molecule has 152 valence electrons. The van der Waals surface area contributed by atoms with Crippen molar-refractivity contribution in [1.82, 2.24) is 9.80 Å². The number of rotatable bonds is 5. The zero-order valence-electron chi connectivity index (χ0n) is 16.3. The number of Topliss-reactive ketones (excluding diaryl/α,β-unsaturated/α-hetero) is 1. The monoisotopic (exact) mass is 396 g/mol. The van der Waals surface area contributed by atoms with Crippen LogP contribution in [0.3, 0.4) is 0 Å². The van der Waals surface area contributed by atoms with Crippen LogP contribution in [0.25, 0.3) is 5.76 Å². The fraction of sp³-hybridized carbons (Fsp3) is 0.364. The van der Waals surface area contributed by atoms with E-state index in [9.17, 15) is 14.7 Å². The molecule has 7 heteroatoms. The van der Waals surface area contributed by atoms with Gasteiger partial charge in [0.15, 0.2) is 0 Å². The minimum absolute atomic E-state index is 0.0655. The van der Waals surface area contributed by atoms with Crippen molar-refractivity contribution in [2.75, 3.05) is 39.4 Å². The van der Waals surface area contributed by atoms with E-state index in [-0.39, 0.29) is 11.3 Å². The molecule has 0 aliphatic carbocycles. The normalized spacial score (nSPS) is 22.4. The number of ketones is 1. The minimum atomic E-state index is -0.743. The van der Waals surface area contributed by atoms with Crippen molar-refractivity contribution in [2.45, 2.75) is 13.0 Å². The molecule has 2 saturated heterocycles. The van der Waals surface area contributed by atoms with Crippen LogP contribution in [0.2, 0.25) is 0 Å². The van der Waals surface area contributed by atoms with Gasteiger partial charge in [0.1, 0.15) is 17.6 Å². The average molecular weight is 396 g/mol. The van der Waals surface area contributed by atoms with Crippen molar-refractivity contribution in [3.05, 3.63) is 65.1 Å². The molecular formula is C22H24N2O5. The summed E-state index contributed by atoms with van der Waals surface area (Å²) in [6.07, 6.45) is 1.50. The summed E-state index contributed by atoms with van der Waals surface area (Å²) in [6, 6.07) is 9.88. The molecule has 4 rings (SSSR count). The molecule has 2 aliphatic heterocycles. The van der Waals surface area contributed by atoms with Crippen molar-refractivity contribution in [1.29, 1.82) is 0 Å². The quantitative estimate of drug-likeness (QED) is 0.475. The van der Waals surface area contributed by atoms with Crippen LogP contribution in [-0.4, -0.2) is 66.0 Å². The van der Waals surface area contributed by atoms with Crippen LogP contribution in [-0.2, 0) is 14.3 Å². The van der Waals surface area contributed by atoms with Gasteiger partial charge in [-0.15, -0.1) is 0 Å². The first kappa shape index (κ1) is 19.4. The Labute approximate surface area is 169 Å². The number of morpholine rings is 1. The highest BCUT2D eigenvalue weighted by Gasteiger charge is 2.47. The first-order valence-electron chi connectivity index (χ1n) is 9.75. The molecule has 2 aliphatic rings. The number of hydrogen-bond donors (Lipinski definition) is 1. The summed E-state index contributed by atoms with van der Waals surface area (Å²) in [7, 11) is 0. The van der Waals surface area contributed by atoms with Crippen LogP contribution in [0, 0.1) is 6.92 Å². The second kappa shape index (κ2) is 8.23. The van der Waals surface area contributed by atoms with E-state index >= 15 is 0 Å². The summed E-state index contributed by atoms with van der Waals surface area (Å²) in [5.41, 5.74) is 1.60. The number of furan rings is 1. The summed E-state index contributed by atoms with van der Waals surface area (Å²) in [5.74, 6) is -1.03. The first-order valence-corrected chi connectivity index (χ1v) is 9.75. The van der Waals surface area contributed by atoms with Gasteiger partial charge in [-0.05, 0) is 19.1 Å². The van der Waals surface area contributed by atoms with Crippen LogP contribution in [0.5, 0.6) is 0 Å². The number of aryl methyl sites for hydroxylation is 1. The summed E-state index contributed by atoms with van der Waals surface area (Å²) < 4.78 is 10.9. The molecular weight excluding hydrogens is 372 g/mol. The molecule has 1 N–H and O–H groups in total. The van der Waals surface area contributed by atoms with Gasteiger partial charge in [0.05, 0.1) is 25.1 Å². The highest BCUT2D eigenvalue weighted by atomic mass is 16.5. The maximum absolute atomic E-state index is 12.9. The Morgan fingerprint density at radius 1 is 1.10 bits per heavy atom. The number of ether oxygens (including phenoxy) is 1. The largest absolute Gasteiger partial charge is 0.507 e. The molecule has 0 unspecified atom stereocenters. The lowest BCUT2D eigenvalue weighted by atomic mass is 9.99. The zero-order chi connectivity index (χ0) is 20.4. The molecule has 3 heterocycles. The van der Waals surface area contributed by atoms with E-state index in [0.717, 1.165) is 18.7 Å². The van der Waals surface area contributed by atoms with Gasteiger partial charge in [0.25, 0.3) is 11.7 Å². The van der Waals surface area contributed by atoms with Crippen LogP contribution in [0.4, 0.5) is 0 Å². The summed E-state index contributed by atoms with van der Waals surface area (Å²) in [5, 5.41) is 10.9. The molecule has 2 aromatic rings. The highest BCUT2D eigenvalue weighted by Crippen LogP contribution is 2.39. The number of aliphatic hydroxyl groups is 1. The van der Waals surface area contributed by atoms with Gasteiger partial charge in [-0.3, -0.25) is 14.5 Å². The van der Waals surface area contributed by atoms with E-state index in [1.165, 1.54) is 11.2 Å². The third-order valence-corrected chi connectivity index (χ3v) is 5.44. The smallest absolute Gasteiger partial charge is 0.295 e. The number of benzene rings is 1. The molecule has 29 heavy (non-hydrogen) atoms. The van der Waals surface area contributed by atoms with Gasteiger partial charge < -0.3 is 19.2 Å². The van der Waals surface area contributed by atoms with E-state index in [1.54, 1.807) is 24.3 Å². The zero-order valence-corrected chi connectivity index (χ0v) is 16.3. The number of aliphatic hydroxyl groups excluding tert-OH is 1. The fourth-order valence-electron chi connectivity index (χ4n) is 3.79. The van der Waals surface area contributed by atoms with Crippen LogP contribution >= 0.6 is 0 Å². The first-order chi connectivity index (χ1) is 14.1. The van der Waals surface area contributed by atoms with Crippen molar-refractivity contribution < 1.29 is 23.8 Å². The molecule has 0 bridgehead atoms. The molecule has 2 fully saturated rings. The highest BCUT2D eigenvalue weighted by molar-refractivity contribution is 6.46. The Balaban J connectivity index is 1.68. The summed E-state index contributed by atoms with van der Waals surface area (Å²) in [6.45, 7) is 5.83. The Morgan fingerprint density at radius 2 is 1.83 bits per heavy atom. The maximum Gasteiger partial charge on any atom is 0.295 e. The fourth-order valence-corrected chi connectivity index (χ4v) is 3.79. The number of carbonyl (C=O) groups excluding carboxylic acids is 2. The lowest BCUT2D eigenvalue weighted by Crippen LogP contribution is -2.42. The van der Waals surface area contributed by atoms with Gasteiger partial charge in [0, 0.05) is 31.7 Å². The predicted octanol–water partition coefficient (Wildman–Crippen LogP) is 2.34. The van der Waals surface area contributed by atoms with Crippen molar-refractivity contribution in [3.63, 3.8) is 0 Å². The minimum Gasteiger partial charge on any atom is -0.507 e. The SMILES string of the molecule is Cc1ccc(C(O)=C2C(=O)C(=O)N(CCN3CCOCC3)[C@H]2c2ccco2)cc1. The number of carbonyl (C=O) groups is 2. The Morgan fingerprint density at radius 3 is 2.48 bits per heavy atom. The van der Waals surface area contributed by atoms with Gasteiger partial charge in [-0.1, -0.05) is 29.8 Å². The number of amides is 1. The Bertz CT molecular complexity index is 911. The second-order valence-electron chi connectivity index (χ2n) is 7.33.